The number of para-hydroxylation sites is 1. The van der Waals surface area contributed by atoms with Crippen LogP contribution >= 0.6 is 0 Å². The van der Waals surface area contributed by atoms with Gasteiger partial charge in [0.1, 0.15) is 0 Å². The monoisotopic (exact) mass is 250 g/mol. The van der Waals surface area contributed by atoms with Crippen molar-refractivity contribution in [2.24, 2.45) is 4.99 Å². The van der Waals surface area contributed by atoms with Gasteiger partial charge in [0.05, 0.1) is 17.8 Å². The van der Waals surface area contributed by atoms with Crippen molar-refractivity contribution in [3.63, 3.8) is 0 Å². The van der Waals surface area contributed by atoms with E-state index in [-0.39, 0.29) is 5.91 Å². The maximum Gasteiger partial charge on any atom is 0.230 e. The number of rotatable bonds is 1. The Morgan fingerprint density at radius 3 is 2.58 bits per heavy atom. The van der Waals surface area contributed by atoms with Gasteiger partial charge in [-0.05, 0) is 25.1 Å². The minimum atomic E-state index is -0.00967. The van der Waals surface area contributed by atoms with Crippen molar-refractivity contribution in [3.05, 3.63) is 59.7 Å². The number of hydrogen-bond acceptors (Lipinski definition) is 2. The van der Waals surface area contributed by atoms with E-state index in [1.54, 1.807) is 0 Å². The maximum absolute atomic E-state index is 11.7. The number of aryl methyl sites for hydroxylation is 1. The normalized spacial score (nSPS) is 16.1. The zero-order valence-corrected chi connectivity index (χ0v) is 10.7. The molecule has 3 heteroatoms. The molecule has 0 saturated heterocycles. The van der Waals surface area contributed by atoms with Crippen LogP contribution < -0.4 is 5.32 Å². The van der Waals surface area contributed by atoms with E-state index in [9.17, 15) is 4.79 Å². The lowest BCUT2D eigenvalue weighted by atomic mass is 10.0. The summed E-state index contributed by atoms with van der Waals surface area (Å²) in [5.74, 6) is -0.00967. The zero-order chi connectivity index (χ0) is 13.2. The molecule has 3 rings (SSSR count). The fourth-order valence-corrected chi connectivity index (χ4v) is 2.16. The summed E-state index contributed by atoms with van der Waals surface area (Å²) in [4.78, 5) is 16.3. The number of carbonyl (C=O) groups excluding carboxylic acids is 1. The van der Waals surface area contributed by atoms with Crippen molar-refractivity contribution in [1.29, 1.82) is 0 Å². The van der Waals surface area contributed by atoms with Gasteiger partial charge in [0.15, 0.2) is 0 Å². The van der Waals surface area contributed by atoms with Gasteiger partial charge in [-0.2, -0.15) is 0 Å². The summed E-state index contributed by atoms with van der Waals surface area (Å²) in [5.41, 5.74) is 4.74. The molecule has 94 valence electrons. The third-order valence-corrected chi connectivity index (χ3v) is 3.14. The fourth-order valence-electron chi connectivity index (χ4n) is 2.16. The van der Waals surface area contributed by atoms with Crippen molar-refractivity contribution < 1.29 is 4.79 Å². The topological polar surface area (TPSA) is 41.5 Å². The molecule has 0 spiro atoms. The molecule has 19 heavy (non-hydrogen) atoms. The smallest absolute Gasteiger partial charge is 0.230 e. The van der Waals surface area contributed by atoms with Crippen LogP contribution in [0, 0.1) is 6.92 Å². The Morgan fingerprint density at radius 1 is 1.05 bits per heavy atom. The number of carbonyl (C=O) groups is 1. The minimum absolute atomic E-state index is 0.00967. The summed E-state index contributed by atoms with van der Waals surface area (Å²) in [6.07, 6.45) is 0.324. The minimum Gasteiger partial charge on any atom is -0.325 e. The molecule has 3 nitrogen and oxygen atoms in total. The van der Waals surface area contributed by atoms with E-state index in [0.29, 0.717) is 6.42 Å². The lowest BCUT2D eigenvalue weighted by Gasteiger charge is -2.18. The van der Waals surface area contributed by atoms with Crippen LogP contribution in [0.4, 0.5) is 11.4 Å². The molecule has 0 radical (unpaired) electrons. The molecule has 2 aromatic rings. The Labute approximate surface area is 112 Å². The summed E-state index contributed by atoms with van der Waals surface area (Å²) >= 11 is 0. The van der Waals surface area contributed by atoms with Crippen molar-refractivity contribution in [2.75, 3.05) is 5.32 Å². The lowest BCUT2D eigenvalue weighted by Crippen LogP contribution is -2.24. The summed E-state index contributed by atoms with van der Waals surface area (Å²) in [7, 11) is 0. The first kappa shape index (κ1) is 11.7. The second kappa shape index (κ2) is 4.69. The molecule has 0 saturated carbocycles. The highest BCUT2D eigenvalue weighted by Crippen LogP contribution is 2.25. The van der Waals surface area contributed by atoms with Gasteiger partial charge in [-0.25, -0.2) is 0 Å². The molecule has 1 amide bonds. The van der Waals surface area contributed by atoms with Crippen molar-refractivity contribution >= 4 is 23.0 Å². The summed E-state index contributed by atoms with van der Waals surface area (Å²) in [5, 5.41) is 2.86. The van der Waals surface area contributed by atoms with E-state index >= 15 is 0 Å². The van der Waals surface area contributed by atoms with Crippen LogP contribution in [0.5, 0.6) is 0 Å². The van der Waals surface area contributed by atoms with Crippen LogP contribution in [0.1, 0.15) is 17.5 Å². The first-order valence-corrected chi connectivity index (χ1v) is 6.26. The maximum atomic E-state index is 11.7. The SMILES string of the molecule is Cc1ccc(N=C2CC(=O)Nc3ccccc32)cc1. The van der Waals surface area contributed by atoms with E-state index in [1.165, 1.54) is 5.56 Å². The predicted octanol–water partition coefficient (Wildman–Crippen LogP) is 3.46. The van der Waals surface area contributed by atoms with Crippen LogP contribution in [-0.4, -0.2) is 11.6 Å². The van der Waals surface area contributed by atoms with E-state index in [1.807, 2.05) is 55.5 Å². The molecular weight excluding hydrogens is 236 g/mol. The first-order valence-electron chi connectivity index (χ1n) is 6.26. The van der Waals surface area contributed by atoms with Crippen LogP contribution in [-0.2, 0) is 4.79 Å². The summed E-state index contributed by atoms with van der Waals surface area (Å²) < 4.78 is 0. The summed E-state index contributed by atoms with van der Waals surface area (Å²) in [6, 6.07) is 15.7. The number of benzene rings is 2. The number of aliphatic imine (C=N–C) groups is 1. The van der Waals surface area contributed by atoms with Gasteiger partial charge >= 0.3 is 0 Å². The van der Waals surface area contributed by atoms with Gasteiger partial charge in [-0.15, -0.1) is 0 Å². The third-order valence-electron chi connectivity index (χ3n) is 3.14. The lowest BCUT2D eigenvalue weighted by molar-refractivity contribution is -0.115. The standard InChI is InChI=1S/C16H14N2O/c1-11-6-8-12(9-7-11)17-15-10-16(19)18-14-5-3-2-4-13(14)15/h2-9H,10H2,1H3,(H,18,19). The average molecular weight is 250 g/mol. The van der Waals surface area contributed by atoms with Crippen molar-refractivity contribution in [3.8, 4) is 0 Å². The molecule has 0 unspecified atom stereocenters. The van der Waals surface area contributed by atoms with Gasteiger partial charge in [0.2, 0.25) is 5.91 Å². The highest BCUT2D eigenvalue weighted by atomic mass is 16.1. The first-order chi connectivity index (χ1) is 9.22. The van der Waals surface area contributed by atoms with Gasteiger partial charge in [0, 0.05) is 11.3 Å². The van der Waals surface area contributed by atoms with Gasteiger partial charge < -0.3 is 5.32 Å². The Bertz CT molecular complexity index is 657. The molecule has 0 aromatic heterocycles. The van der Waals surface area contributed by atoms with E-state index in [0.717, 1.165) is 22.6 Å². The largest absolute Gasteiger partial charge is 0.325 e. The number of fused-ring (bicyclic) bond motifs is 1. The Hall–Kier alpha value is -2.42. The molecule has 0 atom stereocenters. The number of hydrogen-bond donors (Lipinski definition) is 1. The Kier molecular flexibility index (Phi) is 2.88. The van der Waals surface area contributed by atoms with Crippen LogP contribution in [0.3, 0.4) is 0 Å². The highest BCUT2D eigenvalue weighted by Gasteiger charge is 2.20. The highest BCUT2D eigenvalue weighted by molar-refractivity contribution is 6.21. The quantitative estimate of drug-likeness (QED) is 0.827. The molecule has 1 aliphatic heterocycles. The van der Waals surface area contributed by atoms with Crippen LogP contribution in [0.15, 0.2) is 53.5 Å². The summed E-state index contributed by atoms with van der Waals surface area (Å²) in [6.45, 7) is 2.04. The molecule has 1 N–H and O–H groups in total. The van der Waals surface area contributed by atoms with E-state index < -0.39 is 0 Å². The van der Waals surface area contributed by atoms with Crippen LogP contribution in [0.2, 0.25) is 0 Å². The van der Waals surface area contributed by atoms with Crippen LogP contribution in [0.25, 0.3) is 0 Å². The molecule has 1 heterocycles. The fraction of sp³-hybridized carbons (Fsp3) is 0.125. The van der Waals surface area contributed by atoms with Gasteiger partial charge in [0.25, 0.3) is 0 Å². The number of nitrogens with one attached hydrogen (secondary N) is 1. The predicted molar refractivity (Wildman–Crippen MR) is 77.1 cm³/mol. The third kappa shape index (κ3) is 2.40. The molecule has 0 bridgehead atoms. The molecule has 1 aliphatic rings. The van der Waals surface area contributed by atoms with E-state index in [4.69, 9.17) is 0 Å². The molecule has 2 aromatic carbocycles. The second-order valence-electron chi connectivity index (χ2n) is 4.66. The van der Waals surface area contributed by atoms with E-state index in [2.05, 4.69) is 10.3 Å². The van der Waals surface area contributed by atoms with Crippen molar-refractivity contribution in [1.82, 2.24) is 0 Å². The molecular formula is C16H14N2O. The van der Waals surface area contributed by atoms with Crippen molar-refractivity contribution in [2.45, 2.75) is 13.3 Å². The Balaban J connectivity index is 2.05. The zero-order valence-electron chi connectivity index (χ0n) is 10.7. The number of anilines is 1. The van der Waals surface area contributed by atoms with Gasteiger partial charge in [-0.1, -0.05) is 35.9 Å². The molecule has 0 fully saturated rings. The average Bonchev–Trinajstić information content (AvgIpc) is 2.41. The molecule has 0 aliphatic carbocycles. The number of nitrogens with zero attached hydrogens (tertiary/aromatic N) is 1. The second-order valence-corrected chi connectivity index (χ2v) is 4.66. The van der Waals surface area contributed by atoms with Gasteiger partial charge in [-0.3, -0.25) is 9.79 Å². The Morgan fingerprint density at radius 2 is 1.79 bits per heavy atom. The number of amides is 1.